The van der Waals surface area contributed by atoms with Crippen LogP contribution in [0.15, 0.2) is 35.5 Å². The van der Waals surface area contributed by atoms with E-state index in [9.17, 15) is 4.79 Å². The molecule has 23 heavy (non-hydrogen) atoms. The first-order chi connectivity index (χ1) is 11.2. The number of nitrogens with one attached hydrogen (secondary N) is 2. The maximum Gasteiger partial charge on any atom is 0.237 e. The summed E-state index contributed by atoms with van der Waals surface area (Å²) in [6, 6.07) is 8.37. The smallest absolute Gasteiger partial charge is 0.237 e. The molecule has 0 fully saturated rings. The van der Waals surface area contributed by atoms with Gasteiger partial charge < -0.3 is 5.32 Å². The van der Waals surface area contributed by atoms with Crippen LogP contribution in [-0.4, -0.2) is 51.1 Å². The second kappa shape index (κ2) is 7.61. The summed E-state index contributed by atoms with van der Waals surface area (Å²) in [5, 5.41) is 14.1. The highest BCUT2D eigenvalue weighted by Gasteiger charge is 2.24. The van der Waals surface area contributed by atoms with Crippen molar-refractivity contribution in [2.24, 2.45) is 0 Å². The second-order valence-electron chi connectivity index (χ2n) is 5.61. The summed E-state index contributed by atoms with van der Waals surface area (Å²) in [5.41, 5.74) is 2.74. The van der Waals surface area contributed by atoms with Gasteiger partial charge >= 0.3 is 0 Å². The van der Waals surface area contributed by atoms with Crippen molar-refractivity contribution in [2.75, 3.05) is 18.8 Å². The van der Waals surface area contributed by atoms with Gasteiger partial charge in [-0.1, -0.05) is 24.3 Å². The fraction of sp³-hybridized carbons (Fsp3) is 0.438. The van der Waals surface area contributed by atoms with E-state index >= 15 is 0 Å². The quantitative estimate of drug-likeness (QED) is 0.619. The minimum atomic E-state index is -0.111. The molecule has 6 nitrogen and oxygen atoms in total. The summed E-state index contributed by atoms with van der Waals surface area (Å²) in [5.74, 6) is 0.874. The van der Waals surface area contributed by atoms with Crippen LogP contribution in [0, 0.1) is 0 Å². The molecule has 3 rings (SSSR count). The molecule has 1 amide bonds. The molecule has 0 unspecified atom stereocenters. The number of nitrogens with zero attached hydrogens (tertiary/aromatic N) is 3. The first-order valence-electron chi connectivity index (χ1n) is 7.81. The van der Waals surface area contributed by atoms with Crippen molar-refractivity contribution < 1.29 is 4.79 Å². The maximum absolute atomic E-state index is 12.3. The summed E-state index contributed by atoms with van der Waals surface area (Å²) in [6.07, 6.45) is 2.69. The van der Waals surface area contributed by atoms with Gasteiger partial charge in [0, 0.05) is 25.4 Å². The molecule has 122 valence electrons. The monoisotopic (exact) mass is 331 g/mol. The molecule has 2 N–H and O–H groups in total. The molecule has 0 spiro atoms. The van der Waals surface area contributed by atoms with Crippen molar-refractivity contribution >= 4 is 17.7 Å². The molecule has 7 heteroatoms. The number of hydrogen-bond donors (Lipinski definition) is 2. The molecular weight excluding hydrogens is 310 g/mol. The summed E-state index contributed by atoms with van der Waals surface area (Å²) >= 11 is 1.57. The van der Waals surface area contributed by atoms with Crippen LogP contribution in [0.2, 0.25) is 0 Å². The third-order valence-corrected chi connectivity index (χ3v) is 5.03. The minimum absolute atomic E-state index is 0.0881. The third kappa shape index (κ3) is 4.11. The lowest BCUT2D eigenvalue weighted by Gasteiger charge is -2.32. The van der Waals surface area contributed by atoms with Gasteiger partial charge in [-0.2, -0.15) is 10.3 Å². The van der Waals surface area contributed by atoms with Crippen LogP contribution >= 0.6 is 11.8 Å². The number of hydrogen-bond acceptors (Lipinski definition) is 5. The van der Waals surface area contributed by atoms with E-state index in [0.717, 1.165) is 30.3 Å². The van der Waals surface area contributed by atoms with Crippen LogP contribution in [0.1, 0.15) is 18.1 Å². The van der Waals surface area contributed by atoms with Crippen LogP contribution in [0.3, 0.4) is 0 Å². The normalized spacial score (nSPS) is 15.9. The Kier molecular flexibility index (Phi) is 5.30. The Morgan fingerprint density at radius 2 is 2.26 bits per heavy atom. The van der Waals surface area contributed by atoms with Crippen LogP contribution in [0.5, 0.6) is 0 Å². The first-order valence-corrected chi connectivity index (χ1v) is 8.79. The number of carbonyl (C=O) groups is 1. The Labute approximate surface area is 140 Å². The molecular formula is C16H21N5OS. The molecule has 2 heterocycles. The highest BCUT2D eigenvalue weighted by atomic mass is 32.2. The molecule has 0 bridgehead atoms. The summed E-state index contributed by atoms with van der Waals surface area (Å²) in [6.45, 7) is 4.39. The fourth-order valence-electron chi connectivity index (χ4n) is 2.75. The van der Waals surface area contributed by atoms with Crippen LogP contribution in [0.4, 0.5) is 0 Å². The van der Waals surface area contributed by atoms with Gasteiger partial charge in [-0.25, -0.2) is 0 Å². The van der Waals surface area contributed by atoms with Gasteiger partial charge in [-0.05, 0) is 24.5 Å². The van der Waals surface area contributed by atoms with E-state index in [-0.39, 0.29) is 11.9 Å². The molecule has 2 aromatic rings. The number of amides is 1. The molecule has 0 radical (unpaired) electrons. The summed E-state index contributed by atoms with van der Waals surface area (Å²) < 4.78 is 0. The van der Waals surface area contributed by atoms with E-state index < -0.39 is 0 Å². The molecule has 1 aromatic heterocycles. The molecule has 0 saturated heterocycles. The van der Waals surface area contributed by atoms with Crippen LogP contribution < -0.4 is 5.32 Å². The Hall–Kier alpha value is -1.86. The van der Waals surface area contributed by atoms with Crippen molar-refractivity contribution in [1.29, 1.82) is 0 Å². The largest absolute Gasteiger partial charge is 0.354 e. The van der Waals surface area contributed by atoms with Gasteiger partial charge in [0.25, 0.3) is 0 Å². The number of benzene rings is 1. The molecule has 1 aliphatic rings. The number of carbonyl (C=O) groups excluding carboxylic acids is 1. The van der Waals surface area contributed by atoms with Gasteiger partial charge in [0.15, 0.2) is 0 Å². The van der Waals surface area contributed by atoms with Gasteiger partial charge in [0.1, 0.15) is 5.03 Å². The van der Waals surface area contributed by atoms with E-state index in [2.05, 4.69) is 49.9 Å². The SMILES string of the molecule is C[C@H](C(=O)NCCSc1cn[nH]n1)N1CCc2ccccc2C1. The van der Waals surface area contributed by atoms with Crippen LogP contribution in [0.25, 0.3) is 0 Å². The zero-order valence-corrected chi connectivity index (χ0v) is 14.0. The predicted octanol–water partition coefficient (Wildman–Crippen LogP) is 1.46. The molecule has 1 aromatic carbocycles. The first kappa shape index (κ1) is 16.0. The lowest BCUT2D eigenvalue weighted by Crippen LogP contribution is -2.47. The van der Waals surface area contributed by atoms with E-state index in [4.69, 9.17) is 0 Å². The predicted molar refractivity (Wildman–Crippen MR) is 90.1 cm³/mol. The molecule has 1 aliphatic heterocycles. The van der Waals surface area contributed by atoms with Crippen molar-refractivity contribution in [1.82, 2.24) is 25.6 Å². The number of H-pyrrole nitrogens is 1. The maximum atomic E-state index is 12.3. The molecule has 1 atom stereocenters. The van der Waals surface area contributed by atoms with E-state index in [1.165, 1.54) is 11.1 Å². The van der Waals surface area contributed by atoms with Crippen LogP contribution in [-0.2, 0) is 17.8 Å². The Balaban J connectivity index is 1.44. The number of rotatable bonds is 6. The highest BCUT2D eigenvalue weighted by molar-refractivity contribution is 7.99. The zero-order chi connectivity index (χ0) is 16.1. The Bertz CT molecular complexity index is 646. The fourth-order valence-corrected chi connectivity index (χ4v) is 3.40. The van der Waals surface area contributed by atoms with Crippen molar-refractivity contribution in [3.8, 4) is 0 Å². The molecule has 0 aliphatic carbocycles. The van der Waals surface area contributed by atoms with E-state index in [0.29, 0.717) is 6.54 Å². The topological polar surface area (TPSA) is 73.9 Å². The second-order valence-corrected chi connectivity index (χ2v) is 6.73. The number of thioether (sulfide) groups is 1. The average Bonchev–Trinajstić information content (AvgIpc) is 3.11. The lowest BCUT2D eigenvalue weighted by atomic mass is 9.99. The summed E-state index contributed by atoms with van der Waals surface area (Å²) in [4.78, 5) is 14.6. The lowest BCUT2D eigenvalue weighted by molar-refractivity contribution is -0.126. The van der Waals surface area contributed by atoms with Crippen molar-refractivity contribution in [2.45, 2.75) is 31.0 Å². The van der Waals surface area contributed by atoms with Gasteiger partial charge in [-0.15, -0.1) is 16.9 Å². The Morgan fingerprint density at radius 3 is 3.04 bits per heavy atom. The Morgan fingerprint density at radius 1 is 1.43 bits per heavy atom. The van der Waals surface area contributed by atoms with Crippen molar-refractivity contribution in [3.05, 3.63) is 41.6 Å². The molecule has 0 saturated carbocycles. The van der Waals surface area contributed by atoms with Gasteiger partial charge in [0.2, 0.25) is 5.91 Å². The van der Waals surface area contributed by atoms with Crippen molar-refractivity contribution in [3.63, 3.8) is 0 Å². The van der Waals surface area contributed by atoms with Gasteiger partial charge in [-0.3, -0.25) is 9.69 Å². The highest BCUT2D eigenvalue weighted by Crippen LogP contribution is 2.20. The third-order valence-electron chi connectivity index (χ3n) is 4.13. The van der Waals surface area contributed by atoms with E-state index in [1.54, 1.807) is 18.0 Å². The standard InChI is InChI=1S/C16H21N5OS/c1-12(16(22)17-7-9-23-15-10-18-20-19-15)21-8-6-13-4-2-3-5-14(13)11-21/h2-5,10,12H,6-9,11H2,1H3,(H,17,22)(H,18,19,20)/t12-/m1/s1. The summed E-state index contributed by atoms with van der Waals surface area (Å²) in [7, 11) is 0. The number of fused-ring (bicyclic) bond motifs is 1. The minimum Gasteiger partial charge on any atom is -0.354 e. The zero-order valence-electron chi connectivity index (χ0n) is 13.2. The average molecular weight is 331 g/mol. The van der Waals surface area contributed by atoms with E-state index in [1.807, 2.05) is 6.92 Å². The van der Waals surface area contributed by atoms with Gasteiger partial charge in [0.05, 0.1) is 12.2 Å². The number of aromatic nitrogens is 3. The number of aromatic amines is 1.